The summed E-state index contributed by atoms with van der Waals surface area (Å²) in [5, 5.41) is 20.4. The molecule has 0 spiro atoms. The number of thioether (sulfide) groups is 1. The van der Waals surface area contributed by atoms with Gasteiger partial charge in [0.2, 0.25) is 0 Å². The Balaban J connectivity index is 1.56. The zero-order chi connectivity index (χ0) is 20.8. The molecular weight excluding hydrogens is 398 g/mol. The molecule has 152 valence electrons. The normalized spacial score (nSPS) is 10.9. The Hall–Kier alpha value is -3.32. The summed E-state index contributed by atoms with van der Waals surface area (Å²) < 4.78 is 8.11. The standard InChI is InChI=1S/C23H21N3O3S/c27-22(28)13-14-30-23-25-24-21(26(23)15-17-7-2-1-3-8-17)16-29-20-12-6-10-18-9-4-5-11-19(18)20/h1-12H,13-16H2,(H,27,28). The Morgan fingerprint density at radius 3 is 2.57 bits per heavy atom. The molecule has 30 heavy (non-hydrogen) atoms. The van der Waals surface area contributed by atoms with Crippen molar-refractivity contribution >= 4 is 28.5 Å². The lowest BCUT2D eigenvalue weighted by Gasteiger charge is -2.12. The molecule has 7 heteroatoms. The maximum atomic E-state index is 10.9. The number of ether oxygens (including phenoxy) is 1. The number of hydrogen-bond donors (Lipinski definition) is 1. The van der Waals surface area contributed by atoms with Crippen LogP contribution in [0.25, 0.3) is 10.8 Å². The molecule has 3 aromatic carbocycles. The first-order valence-corrected chi connectivity index (χ1v) is 10.6. The SMILES string of the molecule is O=C(O)CCSc1nnc(COc2cccc3ccccc23)n1Cc1ccccc1. The van der Waals surface area contributed by atoms with Crippen molar-refractivity contribution in [3.63, 3.8) is 0 Å². The van der Waals surface area contributed by atoms with Crippen molar-refractivity contribution in [2.45, 2.75) is 24.7 Å². The van der Waals surface area contributed by atoms with Crippen molar-refractivity contribution in [3.05, 3.63) is 84.2 Å². The van der Waals surface area contributed by atoms with Gasteiger partial charge in [0.1, 0.15) is 12.4 Å². The van der Waals surface area contributed by atoms with Crippen LogP contribution in [0.3, 0.4) is 0 Å². The van der Waals surface area contributed by atoms with E-state index in [-0.39, 0.29) is 13.0 Å². The van der Waals surface area contributed by atoms with E-state index in [4.69, 9.17) is 9.84 Å². The molecule has 0 fully saturated rings. The summed E-state index contributed by atoms with van der Waals surface area (Å²) in [6.45, 7) is 0.866. The highest BCUT2D eigenvalue weighted by Crippen LogP contribution is 2.26. The molecular formula is C23H21N3O3S. The van der Waals surface area contributed by atoms with E-state index in [0.29, 0.717) is 23.3 Å². The van der Waals surface area contributed by atoms with Crippen LogP contribution in [-0.4, -0.2) is 31.6 Å². The van der Waals surface area contributed by atoms with Crippen LogP contribution in [0.2, 0.25) is 0 Å². The quantitative estimate of drug-likeness (QED) is 0.399. The van der Waals surface area contributed by atoms with Gasteiger partial charge in [-0.1, -0.05) is 78.5 Å². The molecule has 0 saturated carbocycles. The number of benzene rings is 3. The molecule has 1 aromatic heterocycles. The zero-order valence-electron chi connectivity index (χ0n) is 16.3. The highest BCUT2D eigenvalue weighted by Gasteiger charge is 2.15. The third-order valence-electron chi connectivity index (χ3n) is 4.63. The molecule has 0 amide bonds. The molecule has 4 aromatic rings. The summed E-state index contributed by atoms with van der Waals surface area (Å²) in [5.41, 5.74) is 1.11. The van der Waals surface area contributed by atoms with Crippen molar-refractivity contribution in [1.82, 2.24) is 14.8 Å². The second-order valence-electron chi connectivity index (χ2n) is 6.73. The third kappa shape index (κ3) is 4.80. The van der Waals surface area contributed by atoms with Crippen LogP contribution in [0.5, 0.6) is 5.75 Å². The topological polar surface area (TPSA) is 77.2 Å². The lowest BCUT2D eigenvalue weighted by atomic mass is 10.1. The van der Waals surface area contributed by atoms with Gasteiger partial charge in [-0.25, -0.2) is 0 Å². The predicted octanol–water partition coefficient (Wildman–Crippen LogP) is 4.63. The molecule has 1 heterocycles. The zero-order valence-corrected chi connectivity index (χ0v) is 17.1. The Kier molecular flexibility index (Phi) is 6.29. The van der Waals surface area contributed by atoms with Gasteiger partial charge in [-0.2, -0.15) is 0 Å². The number of hydrogen-bond acceptors (Lipinski definition) is 5. The Labute approximate surface area is 178 Å². The maximum Gasteiger partial charge on any atom is 0.304 e. The van der Waals surface area contributed by atoms with Gasteiger partial charge in [0.15, 0.2) is 11.0 Å². The summed E-state index contributed by atoms with van der Waals surface area (Å²) in [6.07, 6.45) is 0.0741. The molecule has 0 radical (unpaired) electrons. The van der Waals surface area contributed by atoms with Crippen molar-refractivity contribution in [2.75, 3.05) is 5.75 Å². The largest absolute Gasteiger partial charge is 0.485 e. The van der Waals surface area contributed by atoms with Gasteiger partial charge in [-0.05, 0) is 17.0 Å². The fourth-order valence-electron chi connectivity index (χ4n) is 3.15. The molecule has 0 atom stereocenters. The summed E-state index contributed by atoms with van der Waals surface area (Å²) >= 11 is 1.39. The molecule has 0 aliphatic heterocycles. The minimum absolute atomic E-state index is 0.0741. The average molecular weight is 420 g/mol. The molecule has 0 saturated heterocycles. The highest BCUT2D eigenvalue weighted by molar-refractivity contribution is 7.99. The lowest BCUT2D eigenvalue weighted by molar-refractivity contribution is -0.136. The second-order valence-corrected chi connectivity index (χ2v) is 7.79. The van der Waals surface area contributed by atoms with Gasteiger partial charge in [-0.15, -0.1) is 10.2 Å². The molecule has 1 N–H and O–H groups in total. The summed E-state index contributed by atoms with van der Waals surface area (Å²) in [7, 11) is 0. The monoisotopic (exact) mass is 419 g/mol. The minimum atomic E-state index is -0.823. The molecule has 6 nitrogen and oxygen atoms in total. The number of carbonyl (C=O) groups is 1. The van der Waals surface area contributed by atoms with Crippen LogP contribution >= 0.6 is 11.8 Å². The number of fused-ring (bicyclic) bond motifs is 1. The number of nitrogens with zero attached hydrogens (tertiary/aromatic N) is 3. The summed E-state index contributed by atoms with van der Waals surface area (Å²) in [4.78, 5) is 10.9. The van der Waals surface area contributed by atoms with Crippen molar-refractivity contribution in [2.24, 2.45) is 0 Å². The first kappa shape index (κ1) is 20.0. The summed E-state index contributed by atoms with van der Waals surface area (Å²) in [6, 6.07) is 24.1. The molecule has 0 aliphatic carbocycles. The number of aliphatic carboxylic acids is 1. The van der Waals surface area contributed by atoms with Gasteiger partial charge in [-0.3, -0.25) is 9.36 Å². The number of carboxylic acids is 1. The van der Waals surface area contributed by atoms with Gasteiger partial charge >= 0.3 is 5.97 Å². The van der Waals surface area contributed by atoms with E-state index in [1.54, 1.807) is 0 Å². The van der Waals surface area contributed by atoms with Crippen molar-refractivity contribution in [3.8, 4) is 5.75 Å². The highest BCUT2D eigenvalue weighted by atomic mass is 32.2. The predicted molar refractivity (Wildman–Crippen MR) is 117 cm³/mol. The average Bonchev–Trinajstić information content (AvgIpc) is 3.14. The van der Waals surface area contributed by atoms with E-state index in [2.05, 4.69) is 22.3 Å². The Morgan fingerprint density at radius 1 is 0.967 bits per heavy atom. The van der Waals surface area contributed by atoms with E-state index in [1.807, 2.05) is 65.2 Å². The van der Waals surface area contributed by atoms with Crippen LogP contribution in [-0.2, 0) is 17.9 Å². The van der Waals surface area contributed by atoms with Crippen LogP contribution in [0.15, 0.2) is 78.0 Å². The fraction of sp³-hybridized carbons (Fsp3) is 0.174. The van der Waals surface area contributed by atoms with Gasteiger partial charge in [0.25, 0.3) is 0 Å². The second kappa shape index (κ2) is 9.45. The molecule has 0 bridgehead atoms. The minimum Gasteiger partial charge on any atom is -0.485 e. The van der Waals surface area contributed by atoms with Crippen LogP contribution in [0.4, 0.5) is 0 Å². The third-order valence-corrected chi connectivity index (χ3v) is 5.60. The first-order valence-electron chi connectivity index (χ1n) is 9.62. The van der Waals surface area contributed by atoms with Crippen LogP contribution in [0, 0.1) is 0 Å². The van der Waals surface area contributed by atoms with Gasteiger partial charge in [0, 0.05) is 11.1 Å². The number of rotatable bonds is 9. The molecule has 0 unspecified atom stereocenters. The van der Waals surface area contributed by atoms with Crippen molar-refractivity contribution < 1.29 is 14.6 Å². The van der Waals surface area contributed by atoms with Gasteiger partial charge < -0.3 is 9.84 Å². The van der Waals surface area contributed by atoms with Crippen LogP contribution < -0.4 is 4.74 Å². The maximum absolute atomic E-state index is 10.9. The Morgan fingerprint density at radius 2 is 1.73 bits per heavy atom. The van der Waals surface area contributed by atoms with E-state index in [9.17, 15) is 4.79 Å². The van der Waals surface area contributed by atoms with Gasteiger partial charge in [0.05, 0.1) is 13.0 Å². The lowest BCUT2D eigenvalue weighted by Crippen LogP contribution is -2.10. The smallest absolute Gasteiger partial charge is 0.304 e. The number of aromatic nitrogens is 3. The van der Waals surface area contributed by atoms with Crippen LogP contribution in [0.1, 0.15) is 17.8 Å². The van der Waals surface area contributed by atoms with E-state index >= 15 is 0 Å². The van der Waals surface area contributed by atoms with Crippen molar-refractivity contribution in [1.29, 1.82) is 0 Å². The van der Waals surface area contributed by atoms with E-state index in [1.165, 1.54) is 11.8 Å². The first-order chi connectivity index (χ1) is 14.7. The molecule has 0 aliphatic rings. The Bertz CT molecular complexity index is 1140. The molecule has 4 rings (SSSR count). The fourth-order valence-corrected chi connectivity index (χ4v) is 4.03. The summed E-state index contributed by atoms with van der Waals surface area (Å²) in [5.74, 6) is 1.11. The number of carboxylic acid groups (broad SMARTS) is 1. The van der Waals surface area contributed by atoms with E-state index < -0.39 is 5.97 Å². The van der Waals surface area contributed by atoms with E-state index in [0.717, 1.165) is 22.1 Å².